The normalized spacial score (nSPS) is 35.9. The first-order chi connectivity index (χ1) is 7.88. The van der Waals surface area contributed by atoms with Crippen molar-refractivity contribution >= 4 is 6.29 Å². The van der Waals surface area contributed by atoms with Crippen molar-refractivity contribution in [3.63, 3.8) is 0 Å². The molecule has 0 radical (unpaired) electrons. The fraction of sp³-hybridized carbons (Fsp3) is 0.923. The molecule has 0 amide bonds. The molecular weight excluding hydrogens is 204 g/mol. The lowest BCUT2D eigenvalue weighted by atomic mass is 9.83. The van der Waals surface area contributed by atoms with Gasteiger partial charge in [0.25, 0.3) is 0 Å². The fourth-order valence-electron chi connectivity index (χ4n) is 2.58. The number of hydrogen-bond acceptors (Lipinski definition) is 3. The van der Waals surface area contributed by atoms with Crippen LogP contribution < -0.4 is 0 Å². The maximum absolute atomic E-state index is 10.6. The molecule has 1 saturated heterocycles. The van der Waals surface area contributed by atoms with Crippen LogP contribution in [-0.4, -0.2) is 25.8 Å². The van der Waals surface area contributed by atoms with E-state index in [2.05, 4.69) is 0 Å². The van der Waals surface area contributed by atoms with Crippen LogP contribution in [-0.2, 0) is 14.3 Å². The summed E-state index contributed by atoms with van der Waals surface area (Å²) in [6, 6.07) is 0. The van der Waals surface area contributed by atoms with Gasteiger partial charge in [-0.05, 0) is 50.9 Å². The van der Waals surface area contributed by atoms with Gasteiger partial charge in [-0.2, -0.15) is 0 Å². The second-order valence-electron chi connectivity index (χ2n) is 5.05. The molecule has 0 aromatic heterocycles. The SMILES string of the molecule is O=CC1CCC(COC2CCCCO2)CC1. The zero-order chi connectivity index (χ0) is 11.2. The minimum Gasteiger partial charge on any atom is -0.353 e. The van der Waals surface area contributed by atoms with Crippen LogP contribution in [0.3, 0.4) is 0 Å². The second-order valence-corrected chi connectivity index (χ2v) is 5.05. The van der Waals surface area contributed by atoms with Crippen LogP contribution in [0.25, 0.3) is 0 Å². The molecule has 3 heteroatoms. The Labute approximate surface area is 97.5 Å². The first kappa shape index (κ1) is 12.1. The molecule has 0 bridgehead atoms. The molecule has 1 unspecified atom stereocenters. The van der Waals surface area contributed by atoms with E-state index in [1.807, 2.05) is 0 Å². The van der Waals surface area contributed by atoms with E-state index in [1.54, 1.807) is 0 Å². The predicted molar refractivity (Wildman–Crippen MR) is 61.1 cm³/mol. The lowest BCUT2D eigenvalue weighted by Gasteiger charge is -2.28. The minimum atomic E-state index is 0.0394. The lowest BCUT2D eigenvalue weighted by Crippen LogP contribution is -2.26. The van der Waals surface area contributed by atoms with Gasteiger partial charge in [0.2, 0.25) is 0 Å². The second kappa shape index (κ2) is 6.36. The van der Waals surface area contributed by atoms with E-state index in [4.69, 9.17) is 9.47 Å². The maximum Gasteiger partial charge on any atom is 0.157 e. The van der Waals surface area contributed by atoms with Crippen LogP contribution >= 0.6 is 0 Å². The lowest BCUT2D eigenvalue weighted by molar-refractivity contribution is -0.170. The van der Waals surface area contributed by atoms with Gasteiger partial charge in [0.15, 0.2) is 6.29 Å². The van der Waals surface area contributed by atoms with E-state index in [-0.39, 0.29) is 6.29 Å². The molecule has 0 aromatic rings. The third-order valence-electron chi connectivity index (χ3n) is 3.74. The molecule has 1 heterocycles. The zero-order valence-electron chi connectivity index (χ0n) is 9.90. The van der Waals surface area contributed by atoms with Crippen LogP contribution in [0.1, 0.15) is 44.9 Å². The number of ether oxygens (including phenoxy) is 2. The number of hydrogen-bond donors (Lipinski definition) is 0. The summed E-state index contributed by atoms with van der Waals surface area (Å²) in [6.45, 7) is 1.67. The average molecular weight is 226 g/mol. The number of carbonyl (C=O) groups is 1. The van der Waals surface area contributed by atoms with Crippen molar-refractivity contribution in [2.24, 2.45) is 11.8 Å². The molecule has 2 fully saturated rings. The van der Waals surface area contributed by atoms with Gasteiger partial charge in [-0.1, -0.05) is 0 Å². The molecule has 1 aliphatic heterocycles. The molecule has 3 nitrogen and oxygen atoms in total. The van der Waals surface area contributed by atoms with Crippen LogP contribution in [0, 0.1) is 11.8 Å². The molecular formula is C13H22O3. The number of rotatable bonds is 4. The van der Waals surface area contributed by atoms with Gasteiger partial charge in [0.1, 0.15) is 6.29 Å². The van der Waals surface area contributed by atoms with Crippen molar-refractivity contribution < 1.29 is 14.3 Å². The molecule has 1 aliphatic carbocycles. The van der Waals surface area contributed by atoms with Gasteiger partial charge in [-0.25, -0.2) is 0 Å². The average Bonchev–Trinajstić information content (AvgIpc) is 2.38. The van der Waals surface area contributed by atoms with E-state index in [0.29, 0.717) is 11.8 Å². The van der Waals surface area contributed by atoms with Gasteiger partial charge in [0.05, 0.1) is 6.61 Å². The molecule has 2 rings (SSSR count). The summed E-state index contributed by atoms with van der Waals surface area (Å²) in [6.07, 6.45) is 8.95. The van der Waals surface area contributed by atoms with E-state index < -0.39 is 0 Å². The largest absolute Gasteiger partial charge is 0.353 e. The molecule has 1 atom stereocenters. The van der Waals surface area contributed by atoms with Crippen molar-refractivity contribution in [3.8, 4) is 0 Å². The minimum absolute atomic E-state index is 0.0394. The molecule has 0 spiro atoms. The van der Waals surface area contributed by atoms with Crippen molar-refractivity contribution in [1.29, 1.82) is 0 Å². The smallest absolute Gasteiger partial charge is 0.157 e. The number of aldehydes is 1. The summed E-state index contributed by atoms with van der Waals surface area (Å²) in [5.74, 6) is 0.948. The van der Waals surface area contributed by atoms with Gasteiger partial charge in [-0.15, -0.1) is 0 Å². The van der Waals surface area contributed by atoms with Gasteiger partial charge in [0, 0.05) is 12.5 Å². The predicted octanol–water partition coefficient (Wildman–Crippen LogP) is 2.53. The van der Waals surface area contributed by atoms with Gasteiger partial charge in [-0.3, -0.25) is 0 Å². The molecule has 16 heavy (non-hydrogen) atoms. The Hall–Kier alpha value is -0.410. The highest BCUT2D eigenvalue weighted by atomic mass is 16.7. The van der Waals surface area contributed by atoms with Gasteiger partial charge >= 0.3 is 0 Å². The van der Waals surface area contributed by atoms with E-state index in [9.17, 15) is 4.79 Å². The highest BCUT2D eigenvalue weighted by Crippen LogP contribution is 2.28. The van der Waals surface area contributed by atoms with Gasteiger partial charge < -0.3 is 14.3 Å². The third kappa shape index (κ3) is 3.56. The molecule has 1 saturated carbocycles. The first-order valence-corrected chi connectivity index (χ1v) is 6.57. The Bertz CT molecular complexity index is 203. The Morgan fingerprint density at radius 2 is 1.94 bits per heavy atom. The summed E-state index contributed by atoms with van der Waals surface area (Å²) in [4.78, 5) is 10.6. The Morgan fingerprint density at radius 3 is 2.56 bits per heavy atom. The maximum atomic E-state index is 10.6. The zero-order valence-corrected chi connectivity index (χ0v) is 9.90. The summed E-state index contributed by atoms with van der Waals surface area (Å²) in [5.41, 5.74) is 0. The van der Waals surface area contributed by atoms with Crippen LogP contribution in [0.2, 0.25) is 0 Å². The molecule has 92 valence electrons. The topological polar surface area (TPSA) is 35.5 Å². The summed E-state index contributed by atoms with van der Waals surface area (Å²) < 4.78 is 11.3. The van der Waals surface area contributed by atoms with E-state index in [0.717, 1.165) is 51.6 Å². The fourth-order valence-corrected chi connectivity index (χ4v) is 2.58. The highest BCUT2D eigenvalue weighted by Gasteiger charge is 2.22. The first-order valence-electron chi connectivity index (χ1n) is 6.57. The summed E-state index contributed by atoms with van der Waals surface area (Å²) in [5, 5.41) is 0. The molecule has 0 aromatic carbocycles. The van der Waals surface area contributed by atoms with Crippen molar-refractivity contribution in [1.82, 2.24) is 0 Å². The quantitative estimate of drug-likeness (QED) is 0.691. The highest BCUT2D eigenvalue weighted by molar-refractivity contribution is 5.53. The van der Waals surface area contributed by atoms with Crippen LogP contribution in [0.15, 0.2) is 0 Å². The monoisotopic (exact) mass is 226 g/mol. The standard InChI is InChI=1S/C13H22O3/c14-9-11-4-6-12(7-5-11)10-16-13-3-1-2-8-15-13/h9,11-13H,1-8,10H2. The van der Waals surface area contributed by atoms with E-state index >= 15 is 0 Å². The third-order valence-corrected chi connectivity index (χ3v) is 3.74. The molecule has 2 aliphatic rings. The van der Waals surface area contributed by atoms with Crippen molar-refractivity contribution in [2.75, 3.05) is 13.2 Å². The van der Waals surface area contributed by atoms with Crippen LogP contribution in [0.5, 0.6) is 0 Å². The Morgan fingerprint density at radius 1 is 1.12 bits per heavy atom. The number of carbonyl (C=O) groups excluding carboxylic acids is 1. The molecule has 0 N–H and O–H groups in total. The van der Waals surface area contributed by atoms with Crippen molar-refractivity contribution in [2.45, 2.75) is 51.2 Å². The summed E-state index contributed by atoms with van der Waals surface area (Å²) >= 11 is 0. The Balaban J connectivity index is 1.61. The van der Waals surface area contributed by atoms with Crippen LogP contribution in [0.4, 0.5) is 0 Å². The van der Waals surface area contributed by atoms with Crippen molar-refractivity contribution in [3.05, 3.63) is 0 Å². The Kier molecular flexibility index (Phi) is 4.79. The van der Waals surface area contributed by atoms with E-state index in [1.165, 1.54) is 12.8 Å². The summed E-state index contributed by atoms with van der Waals surface area (Å²) in [7, 11) is 0.